The second kappa shape index (κ2) is 5.31. The number of carboxylic acid groups (broad SMARTS) is 1. The fourth-order valence-electron chi connectivity index (χ4n) is 1.60. The van der Waals surface area contributed by atoms with Crippen LogP contribution in [0.4, 0.5) is 0 Å². The van der Waals surface area contributed by atoms with Gasteiger partial charge in [0.2, 0.25) is 0 Å². The normalized spacial score (nSPS) is 11.9. The van der Waals surface area contributed by atoms with Crippen LogP contribution in [0, 0.1) is 0 Å². The van der Waals surface area contributed by atoms with Crippen molar-refractivity contribution < 1.29 is 18.3 Å². The number of sulfonamides is 1. The highest BCUT2D eigenvalue weighted by atomic mass is 32.2. The largest absolute Gasteiger partial charge is 0.476 e. The van der Waals surface area contributed by atoms with Gasteiger partial charge in [0.25, 0.3) is 10.0 Å². The molecule has 0 spiro atoms. The van der Waals surface area contributed by atoms with Crippen molar-refractivity contribution in [2.75, 3.05) is 7.05 Å². The van der Waals surface area contributed by atoms with Gasteiger partial charge in [-0.25, -0.2) is 18.2 Å². The molecule has 0 fully saturated rings. The SMILES string of the molecule is CN(Cc1cnn(C)c1)S(=O)(=O)c1scnc1C(=O)O. The van der Waals surface area contributed by atoms with Gasteiger partial charge in [0, 0.05) is 32.4 Å². The maximum Gasteiger partial charge on any atom is 0.356 e. The third-order valence-corrected chi connectivity index (χ3v) is 5.70. The van der Waals surface area contributed by atoms with Gasteiger partial charge in [-0.3, -0.25) is 4.68 Å². The summed E-state index contributed by atoms with van der Waals surface area (Å²) in [4.78, 5) is 14.5. The summed E-state index contributed by atoms with van der Waals surface area (Å²) in [5, 5.41) is 12.9. The van der Waals surface area contributed by atoms with Crippen LogP contribution in [0.5, 0.6) is 0 Å². The number of aryl methyl sites for hydroxylation is 1. The monoisotopic (exact) mass is 316 g/mol. The highest BCUT2D eigenvalue weighted by Gasteiger charge is 2.29. The molecule has 20 heavy (non-hydrogen) atoms. The van der Waals surface area contributed by atoms with Crippen LogP contribution < -0.4 is 0 Å². The number of rotatable bonds is 5. The fraction of sp³-hybridized carbons (Fsp3) is 0.300. The van der Waals surface area contributed by atoms with Crippen molar-refractivity contribution in [3.8, 4) is 0 Å². The molecule has 2 rings (SSSR count). The van der Waals surface area contributed by atoms with E-state index in [0.717, 1.165) is 15.6 Å². The lowest BCUT2D eigenvalue weighted by Crippen LogP contribution is -2.27. The summed E-state index contributed by atoms with van der Waals surface area (Å²) in [5.74, 6) is -1.36. The first kappa shape index (κ1) is 14.6. The quantitative estimate of drug-likeness (QED) is 0.855. The summed E-state index contributed by atoms with van der Waals surface area (Å²) in [6.45, 7) is 0.104. The Morgan fingerprint density at radius 3 is 2.80 bits per heavy atom. The van der Waals surface area contributed by atoms with E-state index in [0.29, 0.717) is 5.56 Å². The molecule has 2 aromatic heterocycles. The molecule has 0 amide bonds. The minimum atomic E-state index is -3.89. The standard InChI is InChI=1S/C10H12N4O4S2/c1-13-4-7(3-12-13)5-14(2)20(17,18)10-8(9(15)16)11-6-19-10/h3-4,6H,5H2,1-2H3,(H,15,16). The third kappa shape index (κ3) is 2.71. The van der Waals surface area contributed by atoms with Crippen LogP contribution in [0.15, 0.2) is 22.1 Å². The van der Waals surface area contributed by atoms with Gasteiger partial charge in [0.15, 0.2) is 9.90 Å². The zero-order chi connectivity index (χ0) is 14.9. The minimum absolute atomic E-state index is 0.104. The predicted molar refractivity (Wildman–Crippen MR) is 70.9 cm³/mol. The van der Waals surface area contributed by atoms with Gasteiger partial charge >= 0.3 is 5.97 Å². The molecule has 10 heteroatoms. The molecule has 2 aromatic rings. The van der Waals surface area contributed by atoms with E-state index in [1.165, 1.54) is 12.6 Å². The maximum atomic E-state index is 12.3. The number of carbonyl (C=O) groups is 1. The van der Waals surface area contributed by atoms with Crippen molar-refractivity contribution in [1.29, 1.82) is 0 Å². The van der Waals surface area contributed by atoms with E-state index in [-0.39, 0.29) is 10.8 Å². The Morgan fingerprint density at radius 1 is 1.55 bits per heavy atom. The highest BCUT2D eigenvalue weighted by molar-refractivity contribution is 7.91. The maximum absolute atomic E-state index is 12.3. The number of thiazole rings is 1. The Hall–Kier alpha value is -1.78. The lowest BCUT2D eigenvalue weighted by Gasteiger charge is -2.15. The summed E-state index contributed by atoms with van der Waals surface area (Å²) in [7, 11) is -0.780. The first-order chi connectivity index (χ1) is 9.32. The van der Waals surface area contributed by atoms with Gasteiger partial charge in [-0.15, -0.1) is 11.3 Å². The van der Waals surface area contributed by atoms with Gasteiger partial charge in [0.1, 0.15) is 0 Å². The van der Waals surface area contributed by atoms with Crippen LogP contribution in [0.25, 0.3) is 0 Å². The molecule has 0 aliphatic heterocycles. The Labute approximate surface area is 119 Å². The molecule has 108 valence electrons. The third-order valence-electron chi connectivity index (χ3n) is 2.55. The Morgan fingerprint density at radius 2 is 2.25 bits per heavy atom. The number of aromatic carboxylic acids is 1. The summed E-state index contributed by atoms with van der Waals surface area (Å²) in [6, 6.07) is 0. The van der Waals surface area contributed by atoms with E-state index >= 15 is 0 Å². The second-order valence-electron chi connectivity index (χ2n) is 4.08. The number of hydrogen-bond acceptors (Lipinski definition) is 6. The van der Waals surface area contributed by atoms with E-state index in [1.54, 1.807) is 24.1 Å². The van der Waals surface area contributed by atoms with Crippen molar-refractivity contribution >= 4 is 27.3 Å². The molecule has 0 atom stereocenters. The molecular weight excluding hydrogens is 304 g/mol. The van der Waals surface area contributed by atoms with Crippen LogP contribution in [0.3, 0.4) is 0 Å². The van der Waals surface area contributed by atoms with Crippen LogP contribution in [0.2, 0.25) is 0 Å². The molecule has 0 aliphatic carbocycles. The van der Waals surface area contributed by atoms with E-state index < -0.39 is 21.7 Å². The fourth-order valence-corrected chi connectivity index (χ4v) is 4.09. The van der Waals surface area contributed by atoms with Crippen molar-refractivity contribution in [2.45, 2.75) is 10.8 Å². The van der Waals surface area contributed by atoms with E-state index in [4.69, 9.17) is 5.11 Å². The summed E-state index contributed by atoms with van der Waals surface area (Å²) in [6.07, 6.45) is 3.24. The van der Waals surface area contributed by atoms with Gasteiger partial charge in [-0.2, -0.15) is 9.40 Å². The van der Waals surface area contributed by atoms with Gasteiger partial charge in [-0.05, 0) is 0 Å². The Balaban J connectivity index is 2.30. The first-order valence-corrected chi connectivity index (χ1v) is 7.75. The smallest absolute Gasteiger partial charge is 0.356 e. The Kier molecular flexibility index (Phi) is 3.88. The van der Waals surface area contributed by atoms with E-state index in [9.17, 15) is 13.2 Å². The van der Waals surface area contributed by atoms with Crippen LogP contribution in [0.1, 0.15) is 16.1 Å². The van der Waals surface area contributed by atoms with Gasteiger partial charge < -0.3 is 5.11 Å². The molecule has 8 nitrogen and oxygen atoms in total. The lowest BCUT2D eigenvalue weighted by atomic mass is 10.4. The molecule has 0 aliphatic rings. The van der Waals surface area contributed by atoms with Crippen LogP contribution >= 0.6 is 11.3 Å². The van der Waals surface area contributed by atoms with Crippen molar-refractivity contribution in [3.63, 3.8) is 0 Å². The van der Waals surface area contributed by atoms with E-state index in [1.807, 2.05) is 0 Å². The minimum Gasteiger partial charge on any atom is -0.476 e. The van der Waals surface area contributed by atoms with Crippen LogP contribution in [-0.4, -0.2) is 45.6 Å². The summed E-state index contributed by atoms with van der Waals surface area (Å²) >= 11 is 0.787. The molecule has 0 saturated carbocycles. The zero-order valence-electron chi connectivity index (χ0n) is 10.7. The van der Waals surface area contributed by atoms with Gasteiger partial charge in [-0.1, -0.05) is 0 Å². The topological polar surface area (TPSA) is 105 Å². The molecule has 0 bridgehead atoms. The van der Waals surface area contributed by atoms with E-state index in [2.05, 4.69) is 10.1 Å². The molecule has 0 unspecified atom stereocenters. The van der Waals surface area contributed by atoms with Gasteiger partial charge in [0.05, 0.1) is 11.7 Å². The summed E-state index contributed by atoms with van der Waals surface area (Å²) in [5.41, 5.74) is 1.46. The molecule has 0 aromatic carbocycles. The number of carboxylic acids is 1. The zero-order valence-corrected chi connectivity index (χ0v) is 12.3. The molecular formula is C10H12N4O4S2. The highest BCUT2D eigenvalue weighted by Crippen LogP contribution is 2.24. The lowest BCUT2D eigenvalue weighted by molar-refractivity contribution is 0.0687. The number of aromatic nitrogens is 3. The molecule has 0 radical (unpaired) electrons. The Bertz CT molecular complexity index is 734. The van der Waals surface area contributed by atoms with Crippen molar-refractivity contribution in [2.24, 2.45) is 7.05 Å². The number of hydrogen-bond donors (Lipinski definition) is 1. The van der Waals surface area contributed by atoms with Crippen LogP contribution in [-0.2, 0) is 23.6 Å². The second-order valence-corrected chi connectivity index (χ2v) is 7.17. The number of nitrogens with zero attached hydrogens (tertiary/aromatic N) is 4. The van der Waals surface area contributed by atoms with Crippen molar-refractivity contribution in [1.82, 2.24) is 19.1 Å². The molecule has 2 heterocycles. The molecule has 1 N–H and O–H groups in total. The first-order valence-electron chi connectivity index (χ1n) is 5.43. The average Bonchev–Trinajstić information content (AvgIpc) is 2.98. The molecule has 0 saturated heterocycles. The summed E-state index contributed by atoms with van der Waals surface area (Å²) < 4.78 is 27.0. The predicted octanol–water partition coefficient (Wildman–Crippen LogP) is 0.395. The van der Waals surface area contributed by atoms with Crippen molar-refractivity contribution in [3.05, 3.63) is 29.2 Å². The average molecular weight is 316 g/mol.